The molecule has 0 aliphatic heterocycles. The lowest BCUT2D eigenvalue weighted by Crippen LogP contribution is -2.14. The highest BCUT2D eigenvalue weighted by atomic mass is 32.2. The van der Waals surface area contributed by atoms with Gasteiger partial charge in [0.25, 0.3) is 10.0 Å². The zero-order valence-electron chi connectivity index (χ0n) is 12.6. The van der Waals surface area contributed by atoms with Crippen LogP contribution in [0.3, 0.4) is 0 Å². The van der Waals surface area contributed by atoms with Crippen LogP contribution < -0.4 is 4.72 Å². The number of aromatic amines is 1. The molecule has 22 heavy (non-hydrogen) atoms. The van der Waals surface area contributed by atoms with Gasteiger partial charge in [0.05, 0.1) is 22.4 Å². The number of aryl methyl sites for hydroxylation is 2. The fourth-order valence-corrected chi connectivity index (χ4v) is 3.48. The first kappa shape index (κ1) is 14.6. The second kappa shape index (κ2) is 5.14. The van der Waals surface area contributed by atoms with Gasteiger partial charge in [0.1, 0.15) is 5.52 Å². The van der Waals surface area contributed by atoms with Gasteiger partial charge in [-0.3, -0.25) is 4.72 Å². The highest BCUT2D eigenvalue weighted by Gasteiger charge is 2.18. The van der Waals surface area contributed by atoms with Gasteiger partial charge in [-0.1, -0.05) is 17.7 Å². The van der Waals surface area contributed by atoms with Crippen LogP contribution in [0.25, 0.3) is 11.0 Å². The number of benzene rings is 2. The van der Waals surface area contributed by atoms with Crippen LogP contribution in [0.2, 0.25) is 0 Å². The van der Waals surface area contributed by atoms with E-state index in [-0.39, 0.29) is 4.90 Å². The first-order chi connectivity index (χ1) is 10.4. The lowest BCUT2D eigenvalue weighted by atomic mass is 10.1. The van der Waals surface area contributed by atoms with Crippen molar-refractivity contribution in [3.05, 3.63) is 53.3 Å². The minimum atomic E-state index is -3.64. The lowest BCUT2D eigenvalue weighted by molar-refractivity contribution is 0.601. The van der Waals surface area contributed by atoms with Crippen LogP contribution in [-0.2, 0) is 10.0 Å². The molecule has 0 saturated carbocycles. The fourth-order valence-electron chi connectivity index (χ4n) is 2.35. The topological polar surface area (TPSA) is 74.8 Å². The summed E-state index contributed by atoms with van der Waals surface area (Å²) >= 11 is 0. The Balaban J connectivity index is 2.11. The molecule has 0 saturated heterocycles. The van der Waals surface area contributed by atoms with Gasteiger partial charge in [-0.25, -0.2) is 13.4 Å². The van der Waals surface area contributed by atoms with Gasteiger partial charge in [0.2, 0.25) is 0 Å². The summed E-state index contributed by atoms with van der Waals surface area (Å²) in [7, 11) is -3.64. The number of H-pyrrole nitrogens is 1. The number of anilines is 1. The first-order valence-electron chi connectivity index (χ1n) is 6.91. The van der Waals surface area contributed by atoms with E-state index in [9.17, 15) is 8.42 Å². The predicted molar refractivity (Wildman–Crippen MR) is 87.6 cm³/mol. The van der Waals surface area contributed by atoms with Crippen LogP contribution in [0.1, 0.15) is 16.7 Å². The Morgan fingerprint density at radius 2 is 1.77 bits per heavy atom. The van der Waals surface area contributed by atoms with Crippen LogP contribution in [-0.4, -0.2) is 18.4 Å². The average Bonchev–Trinajstić information content (AvgIpc) is 2.92. The molecule has 0 bridgehead atoms. The largest absolute Gasteiger partial charge is 0.345 e. The second-order valence-corrected chi connectivity index (χ2v) is 7.09. The Bertz CT molecular complexity index is 941. The third-order valence-electron chi connectivity index (χ3n) is 3.80. The van der Waals surface area contributed by atoms with Crippen molar-refractivity contribution < 1.29 is 8.42 Å². The number of nitrogens with one attached hydrogen (secondary N) is 2. The number of aromatic nitrogens is 2. The monoisotopic (exact) mass is 315 g/mol. The molecule has 6 heteroatoms. The fraction of sp³-hybridized carbons (Fsp3) is 0.188. The number of imidazole rings is 1. The summed E-state index contributed by atoms with van der Waals surface area (Å²) in [5, 5.41) is 0. The summed E-state index contributed by atoms with van der Waals surface area (Å²) < 4.78 is 27.9. The minimum Gasteiger partial charge on any atom is -0.345 e. The van der Waals surface area contributed by atoms with Crippen molar-refractivity contribution in [2.75, 3.05) is 4.72 Å². The number of hydrogen-bond donors (Lipinski definition) is 2. The van der Waals surface area contributed by atoms with E-state index >= 15 is 0 Å². The molecule has 2 N–H and O–H groups in total. The van der Waals surface area contributed by atoms with E-state index in [1.54, 1.807) is 30.6 Å². The molecule has 1 heterocycles. The molecule has 1 aromatic heterocycles. The lowest BCUT2D eigenvalue weighted by Gasteiger charge is -2.13. The zero-order chi connectivity index (χ0) is 15.9. The first-order valence-corrected chi connectivity index (χ1v) is 8.39. The third kappa shape index (κ3) is 2.46. The SMILES string of the molecule is Cc1ccc(S(=O)(=O)Nc2c(C)c(C)cc3[nH]cnc23)cc1. The quantitative estimate of drug-likeness (QED) is 0.779. The average molecular weight is 315 g/mol. The van der Waals surface area contributed by atoms with E-state index in [0.29, 0.717) is 11.2 Å². The van der Waals surface area contributed by atoms with Crippen molar-refractivity contribution in [1.82, 2.24) is 9.97 Å². The Labute approximate surface area is 129 Å². The van der Waals surface area contributed by atoms with Gasteiger partial charge >= 0.3 is 0 Å². The van der Waals surface area contributed by atoms with E-state index < -0.39 is 10.0 Å². The molecule has 0 fully saturated rings. The summed E-state index contributed by atoms with van der Waals surface area (Å²) in [6.07, 6.45) is 1.56. The van der Waals surface area contributed by atoms with E-state index in [1.165, 1.54) is 0 Å². The molecule has 0 aliphatic rings. The highest BCUT2D eigenvalue weighted by molar-refractivity contribution is 7.92. The zero-order valence-corrected chi connectivity index (χ0v) is 13.5. The number of sulfonamides is 1. The predicted octanol–water partition coefficient (Wildman–Crippen LogP) is 3.29. The van der Waals surface area contributed by atoms with Crippen LogP contribution in [0.5, 0.6) is 0 Å². The Morgan fingerprint density at radius 1 is 1.09 bits per heavy atom. The van der Waals surface area contributed by atoms with Gasteiger partial charge in [0.15, 0.2) is 0 Å². The smallest absolute Gasteiger partial charge is 0.261 e. The molecule has 0 unspecified atom stereocenters. The van der Waals surface area contributed by atoms with Crippen molar-refractivity contribution >= 4 is 26.7 Å². The molecule has 0 aliphatic carbocycles. The van der Waals surface area contributed by atoms with Gasteiger partial charge < -0.3 is 4.98 Å². The number of fused-ring (bicyclic) bond motifs is 1. The molecular weight excluding hydrogens is 298 g/mol. The van der Waals surface area contributed by atoms with Crippen LogP contribution in [0, 0.1) is 20.8 Å². The third-order valence-corrected chi connectivity index (χ3v) is 5.17. The molecule has 3 aromatic rings. The van der Waals surface area contributed by atoms with E-state index in [4.69, 9.17) is 0 Å². The van der Waals surface area contributed by atoms with Crippen LogP contribution >= 0.6 is 0 Å². The van der Waals surface area contributed by atoms with Crippen LogP contribution in [0.15, 0.2) is 41.6 Å². The van der Waals surface area contributed by atoms with Crippen molar-refractivity contribution in [2.45, 2.75) is 25.7 Å². The van der Waals surface area contributed by atoms with Crippen LogP contribution in [0.4, 0.5) is 5.69 Å². The molecule has 0 spiro atoms. The molecule has 3 rings (SSSR count). The summed E-state index contributed by atoms with van der Waals surface area (Å²) in [6.45, 7) is 5.75. The molecule has 0 amide bonds. The van der Waals surface area contributed by atoms with E-state index in [2.05, 4.69) is 14.7 Å². The van der Waals surface area contributed by atoms with Gasteiger partial charge in [-0.15, -0.1) is 0 Å². The standard InChI is InChI=1S/C16H17N3O2S/c1-10-4-6-13(7-5-10)22(20,21)19-15-12(3)11(2)8-14-16(15)18-9-17-14/h4-9,19H,1-3H3,(H,17,18). The van der Waals surface area contributed by atoms with Crippen molar-refractivity contribution in [3.63, 3.8) is 0 Å². The van der Waals surface area contributed by atoms with Gasteiger partial charge in [0, 0.05) is 0 Å². The van der Waals surface area contributed by atoms with Gasteiger partial charge in [-0.2, -0.15) is 0 Å². The number of nitrogens with zero attached hydrogens (tertiary/aromatic N) is 1. The minimum absolute atomic E-state index is 0.239. The number of rotatable bonds is 3. The normalized spacial score (nSPS) is 11.8. The summed E-state index contributed by atoms with van der Waals surface area (Å²) in [5.74, 6) is 0. The molecule has 114 valence electrons. The molecule has 0 radical (unpaired) electrons. The van der Waals surface area contributed by atoms with E-state index in [0.717, 1.165) is 22.2 Å². The summed E-state index contributed by atoms with van der Waals surface area (Å²) in [6, 6.07) is 8.72. The van der Waals surface area contributed by atoms with E-state index in [1.807, 2.05) is 26.8 Å². The Hall–Kier alpha value is -2.34. The molecule has 5 nitrogen and oxygen atoms in total. The molecular formula is C16H17N3O2S. The summed E-state index contributed by atoms with van der Waals surface area (Å²) in [5.41, 5.74) is 4.84. The second-order valence-electron chi connectivity index (χ2n) is 5.41. The Morgan fingerprint density at radius 3 is 2.45 bits per heavy atom. The highest BCUT2D eigenvalue weighted by Crippen LogP contribution is 2.29. The molecule has 2 aromatic carbocycles. The maximum absolute atomic E-state index is 12.6. The van der Waals surface area contributed by atoms with Crippen molar-refractivity contribution in [3.8, 4) is 0 Å². The molecule has 0 atom stereocenters. The Kier molecular flexibility index (Phi) is 3.41. The van der Waals surface area contributed by atoms with Gasteiger partial charge in [-0.05, 0) is 50.1 Å². The van der Waals surface area contributed by atoms with Crippen molar-refractivity contribution in [2.24, 2.45) is 0 Å². The number of hydrogen-bond acceptors (Lipinski definition) is 3. The maximum atomic E-state index is 12.6. The maximum Gasteiger partial charge on any atom is 0.261 e. The summed E-state index contributed by atoms with van der Waals surface area (Å²) in [4.78, 5) is 7.48. The van der Waals surface area contributed by atoms with Crippen molar-refractivity contribution in [1.29, 1.82) is 0 Å².